The summed E-state index contributed by atoms with van der Waals surface area (Å²) in [6, 6.07) is 5.11. The van der Waals surface area contributed by atoms with Gasteiger partial charge in [-0.1, -0.05) is 26.0 Å². The summed E-state index contributed by atoms with van der Waals surface area (Å²) in [5, 5.41) is 9.48. The number of ether oxygens (including phenoxy) is 2. The predicted molar refractivity (Wildman–Crippen MR) is 98.7 cm³/mol. The van der Waals surface area contributed by atoms with Crippen molar-refractivity contribution in [1.82, 2.24) is 4.90 Å². The highest BCUT2D eigenvalue weighted by Gasteiger charge is 2.42. The molecule has 1 heterocycles. The zero-order valence-electron chi connectivity index (χ0n) is 16.4. The van der Waals surface area contributed by atoms with Crippen molar-refractivity contribution in [2.45, 2.75) is 71.6 Å². The van der Waals surface area contributed by atoms with E-state index in [-0.39, 0.29) is 19.1 Å². The third-order valence-electron chi connectivity index (χ3n) is 4.35. The molecule has 1 N–H and O–H groups in total. The minimum absolute atomic E-state index is 0.192. The molecule has 0 unspecified atom stereocenters. The quantitative estimate of drug-likeness (QED) is 0.876. The first kappa shape index (κ1) is 20.1. The second-order valence-electron chi connectivity index (χ2n) is 8.14. The van der Waals surface area contributed by atoms with Crippen LogP contribution in [0.4, 0.5) is 4.79 Å². The number of carboxylic acids is 1. The van der Waals surface area contributed by atoms with Crippen LogP contribution in [0.1, 0.15) is 58.1 Å². The van der Waals surface area contributed by atoms with Gasteiger partial charge in [-0.25, -0.2) is 9.59 Å². The average molecular weight is 363 g/mol. The van der Waals surface area contributed by atoms with Crippen LogP contribution in [0, 0.1) is 6.92 Å². The molecule has 1 amide bonds. The van der Waals surface area contributed by atoms with Gasteiger partial charge in [-0.3, -0.25) is 4.90 Å². The zero-order chi connectivity index (χ0) is 19.6. The lowest BCUT2D eigenvalue weighted by atomic mass is 10.0. The van der Waals surface area contributed by atoms with E-state index in [4.69, 9.17) is 9.47 Å². The average Bonchev–Trinajstić information content (AvgIpc) is 2.92. The van der Waals surface area contributed by atoms with Crippen molar-refractivity contribution in [1.29, 1.82) is 0 Å². The summed E-state index contributed by atoms with van der Waals surface area (Å²) in [6.07, 6.45) is -0.770. The lowest BCUT2D eigenvalue weighted by Gasteiger charge is -2.26. The van der Waals surface area contributed by atoms with Crippen LogP contribution in [-0.2, 0) is 9.53 Å². The highest BCUT2D eigenvalue weighted by Crippen LogP contribution is 2.29. The number of rotatable bonds is 4. The number of hydrogen-bond donors (Lipinski definition) is 1. The van der Waals surface area contributed by atoms with Gasteiger partial charge in [0, 0.05) is 6.42 Å². The van der Waals surface area contributed by atoms with Gasteiger partial charge in [0.05, 0.1) is 6.54 Å². The third-order valence-corrected chi connectivity index (χ3v) is 4.35. The maximum Gasteiger partial charge on any atom is 0.411 e. The van der Waals surface area contributed by atoms with Crippen molar-refractivity contribution in [2.75, 3.05) is 6.54 Å². The van der Waals surface area contributed by atoms with Crippen molar-refractivity contribution in [3.8, 4) is 5.75 Å². The lowest BCUT2D eigenvalue weighted by molar-refractivity contribution is -0.142. The van der Waals surface area contributed by atoms with E-state index in [0.717, 1.165) is 16.9 Å². The van der Waals surface area contributed by atoms with Crippen molar-refractivity contribution < 1.29 is 24.2 Å². The molecule has 6 heteroatoms. The second-order valence-corrected chi connectivity index (χ2v) is 8.14. The Hall–Kier alpha value is -2.24. The molecule has 1 saturated heterocycles. The predicted octanol–water partition coefficient (Wildman–Crippen LogP) is 3.96. The summed E-state index contributed by atoms with van der Waals surface area (Å²) in [5.41, 5.74) is 1.46. The van der Waals surface area contributed by atoms with Crippen LogP contribution in [0.5, 0.6) is 5.75 Å². The van der Waals surface area contributed by atoms with E-state index in [9.17, 15) is 14.7 Å². The number of nitrogens with zero attached hydrogens (tertiary/aromatic N) is 1. The molecule has 6 nitrogen and oxygen atoms in total. The fourth-order valence-electron chi connectivity index (χ4n) is 2.92. The van der Waals surface area contributed by atoms with Crippen molar-refractivity contribution in [2.24, 2.45) is 0 Å². The van der Waals surface area contributed by atoms with E-state index < -0.39 is 23.7 Å². The summed E-state index contributed by atoms with van der Waals surface area (Å²) < 4.78 is 11.4. The van der Waals surface area contributed by atoms with Gasteiger partial charge in [-0.15, -0.1) is 0 Å². The number of amides is 1. The molecule has 1 aliphatic heterocycles. The van der Waals surface area contributed by atoms with Gasteiger partial charge in [0.25, 0.3) is 0 Å². The van der Waals surface area contributed by atoms with Crippen LogP contribution in [0.3, 0.4) is 0 Å². The lowest BCUT2D eigenvalue weighted by Crippen LogP contribution is -2.43. The van der Waals surface area contributed by atoms with Gasteiger partial charge >= 0.3 is 12.1 Å². The largest absolute Gasteiger partial charge is 0.488 e. The van der Waals surface area contributed by atoms with Gasteiger partial charge in [-0.05, 0) is 50.8 Å². The Balaban J connectivity index is 2.16. The topological polar surface area (TPSA) is 76.1 Å². The van der Waals surface area contributed by atoms with Crippen LogP contribution < -0.4 is 4.74 Å². The molecule has 0 saturated carbocycles. The molecule has 1 aliphatic rings. The molecule has 144 valence electrons. The maximum atomic E-state index is 12.4. The van der Waals surface area contributed by atoms with Crippen molar-refractivity contribution in [3.63, 3.8) is 0 Å². The molecule has 0 aliphatic carbocycles. The Bertz CT molecular complexity index is 677. The monoisotopic (exact) mass is 363 g/mol. The molecule has 1 aromatic rings. The van der Waals surface area contributed by atoms with Crippen LogP contribution in [0.15, 0.2) is 18.2 Å². The first-order valence-electron chi connectivity index (χ1n) is 8.97. The van der Waals surface area contributed by atoms with Crippen LogP contribution in [0.25, 0.3) is 0 Å². The Morgan fingerprint density at radius 1 is 1.27 bits per heavy atom. The first-order valence-corrected chi connectivity index (χ1v) is 8.97. The zero-order valence-corrected chi connectivity index (χ0v) is 16.4. The SMILES string of the molecule is Cc1ccc(C(C)C)cc1O[C@H]1C[C@@H](C(=O)O)N(C(=O)OC(C)(C)C)C1. The number of carbonyl (C=O) groups excluding carboxylic acids is 1. The minimum Gasteiger partial charge on any atom is -0.488 e. The summed E-state index contributed by atoms with van der Waals surface area (Å²) in [7, 11) is 0. The fraction of sp³-hybridized carbons (Fsp3) is 0.600. The van der Waals surface area contributed by atoms with E-state index in [1.54, 1.807) is 20.8 Å². The molecule has 26 heavy (non-hydrogen) atoms. The molecule has 0 spiro atoms. The molecule has 0 aromatic heterocycles. The number of carbonyl (C=O) groups is 2. The summed E-state index contributed by atoms with van der Waals surface area (Å²) in [4.78, 5) is 25.2. The third kappa shape index (κ3) is 4.90. The van der Waals surface area contributed by atoms with Gasteiger partial charge in [0.15, 0.2) is 0 Å². The van der Waals surface area contributed by atoms with Gasteiger partial charge in [0.2, 0.25) is 0 Å². The number of aliphatic carboxylic acids is 1. The van der Waals surface area contributed by atoms with Crippen LogP contribution >= 0.6 is 0 Å². The fourth-order valence-corrected chi connectivity index (χ4v) is 2.92. The summed E-state index contributed by atoms with van der Waals surface area (Å²) >= 11 is 0. The van der Waals surface area contributed by atoms with Crippen LogP contribution in [-0.4, -0.2) is 46.4 Å². The maximum absolute atomic E-state index is 12.4. The Morgan fingerprint density at radius 2 is 1.92 bits per heavy atom. The standard InChI is InChI=1S/C20H29NO5/c1-12(2)14-8-7-13(3)17(9-14)25-15-10-16(18(22)23)21(11-15)19(24)26-20(4,5)6/h7-9,12,15-16H,10-11H2,1-6H3,(H,22,23)/t15-,16-/m0/s1. The van der Waals surface area contributed by atoms with Gasteiger partial charge in [-0.2, -0.15) is 0 Å². The van der Waals surface area contributed by atoms with Crippen molar-refractivity contribution in [3.05, 3.63) is 29.3 Å². The van der Waals surface area contributed by atoms with E-state index in [0.29, 0.717) is 5.92 Å². The molecule has 0 bridgehead atoms. The molecular formula is C20H29NO5. The molecule has 1 aromatic carbocycles. The number of likely N-dealkylation sites (tertiary alicyclic amines) is 1. The summed E-state index contributed by atoms with van der Waals surface area (Å²) in [6.45, 7) is 11.6. The molecule has 2 rings (SSSR count). The highest BCUT2D eigenvalue weighted by atomic mass is 16.6. The Morgan fingerprint density at radius 3 is 2.46 bits per heavy atom. The Kier molecular flexibility index (Phi) is 5.84. The van der Waals surface area contributed by atoms with E-state index in [2.05, 4.69) is 19.9 Å². The molecule has 0 radical (unpaired) electrons. The number of hydrogen-bond acceptors (Lipinski definition) is 4. The normalized spacial score (nSPS) is 20.3. The van der Waals surface area contributed by atoms with Crippen molar-refractivity contribution >= 4 is 12.1 Å². The Labute approximate surface area is 155 Å². The van der Waals surface area contributed by atoms with E-state index in [1.807, 2.05) is 19.1 Å². The second kappa shape index (κ2) is 7.56. The molecular weight excluding hydrogens is 334 g/mol. The smallest absolute Gasteiger partial charge is 0.411 e. The first-order chi connectivity index (χ1) is 12.0. The van der Waals surface area contributed by atoms with E-state index in [1.165, 1.54) is 4.90 Å². The highest BCUT2D eigenvalue weighted by molar-refractivity contribution is 5.81. The van der Waals surface area contributed by atoms with Crippen LogP contribution in [0.2, 0.25) is 0 Å². The summed E-state index contributed by atoms with van der Waals surface area (Å²) in [5.74, 6) is 0.0533. The van der Waals surface area contributed by atoms with E-state index >= 15 is 0 Å². The van der Waals surface area contributed by atoms with Gasteiger partial charge in [0.1, 0.15) is 23.5 Å². The van der Waals surface area contributed by atoms with Gasteiger partial charge < -0.3 is 14.6 Å². The minimum atomic E-state index is -1.05. The molecule has 2 atom stereocenters. The molecule has 1 fully saturated rings. The number of benzene rings is 1. The number of aryl methyl sites for hydroxylation is 1. The number of carboxylic acid groups (broad SMARTS) is 1.